The van der Waals surface area contributed by atoms with Crippen molar-refractivity contribution in [1.82, 2.24) is 9.29 Å². The molecule has 0 spiro atoms. The first kappa shape index (κ1) is 21.9. The second-order valence-corrected chi connectivity index (χ2v) is 10.8. The summed E-state index contributed by atoms with van der Waals surface area (Å²) in [5, 5.41) is 7.79. The van der Waals surface area contributed by atoms with Gasteiger partial charge in [0.15, 0.2) is 5.13 Å². The molecule has 2 aromatic rings. The lowest BCUT2D eigenvalue weighted by Gasteiger charge is -2.20. The van der Waals surface area contributed by atoms with E-state index in [2.05, 4.69) is 15.6 Å². The largest absolute Gasteiger partial charge is 0.326 e. The summed E-state index contributed by atoms with van der Waals surface area (Å²) < 4.78 is 27.2. The van der Waals surface area contributed by atoms with Crippen LogP contribution < -0.4 is 10.6 Å². The third-order valence-electron chi connectivity index (χ3n) is 5.41. The van der Waals surface area contributed by atoms with Gasteiger partial charge in [-0.3, -0.25) is 9.59 Å². The SMILES string of the molecule is O=C(Cc1csc(NC(=O)C2CC2)n1)Nc1ccc(S(=O)(=O)N2CCCCCC2)cc1. The van der Waals surface area contributed by atoms with Gasteiger partial charge >= 0.3 is 0 Å². The van der Waals surface area contributed by atoms with Gasteiger partial charge in [-0.15, -0.1) is 11.3 Å². The van der Waals surface area contributed by atoms with Crippen LogP contribution in [-0.4, -0.2) is 42.6 Å². The summed E-state index contributed by atoms with van der Waals surface area (Å²) in [4.78, 5) is 28.7. The zero-order valence-corrected chi connectivity index (χ0v) is 18.8. The van der Waals surface area contributed by atoms with Gasteiger partial charge in [-0.1, -0.05) is 12.8 Å². The molecule has 2 aliphatic rings. The smallest absolute Gasteiger partial charge is 0.243 e. The Morgan fingerprint density at radius 2 is 1.71 bits per heavy atom. The highest BCUT2D eigenvalue weighted by molar-refractivity contribution is 7.89. The van der Waals surface area contributed by atoms with Crippen molar-refractivity contribution in [1.29, 1.82) is 0 Å². The van der Waals surface area contributed by atoms with Crippen LogP contribution in [0.2, 0.25) is 0 Å². The lowest BCUT2D eigenvalue weighted by Crippen LogP contribution is -2.31. The Bertz CT molecular complexity index is 1040. The number of sulfonamides is 1. The fourth-order valence-corrected chi connectivity index (χ4v) is 5.74. The number of amides is 2. The van der Waals surface area contributed by atoms with Crippen LogP contribution in [0.1, 0.15) is 44.2 Å². The molecular formula is C21H26N4O4S2. The Labute approximate surface area is 186 Å². The van der Waals surface area contributed by atoms with Crippen molar-refractivity contribution in [3.8, 4) is 0 Å². The van der Waals surface area contributed by atoms with Crippen LogP contribution in [0, 0.1) is 5.92 Å². The van der Waals surface area contributed by atoms with Crippen LogP contribution in [0.25, 0.3) is 0 Å². The van der Waals surface area contributed by atoms with E-state index >= 15 is 0 Å². The van der Waals surface area contributed by atoms with E-state index in [0.717, 1.165) is 38.5 Å². The minimum Gasteiger partial charge on any atom is -0.326 e. The molecule has 0 atom stereocenters. The Balaban J connectivity index is 1.32. The number of rotatable bonds is 7. The molecule has 2 amide bonds. The molecule has 10 heteroatoms. The Morgan fingerprint density at radius 1 is 1.03 bits per heavy atom. The highest BCUT2D eigenvalue weighted by atomic mass is 32.2. The van der Waals surface area contributed by atoms with E-state index in [4.69, 9.17) is 0 Å². The molecule has 1 aromatic carbocycles. The molecule has 0 unspecified atom stereocenters. The molecule has 1 saturated heterocycles. The number of benzene rings is 1. The first-order valence-corrected chi connectivity index (χ1v) is 12.9. The second-order valence-electron chi connectivity index (χ2n) is 7.98. The summed E-state index contributed by atoms with van der Waals surface area (Å²) in [6, 6.07) is 6.27. The maximum atomic E-state index is 12.8. The van der Waals surface area contributed by atoms with Crippen LogP contribution >= 0.6 is 11.3 Å². The van der Waals surface area contributed by atoms with Crippen molar-refractivity contribution in [2.45, 2.75) is 49.8 Å². The summed E-state index contributed by atoms with van der Waals surface area (Å²) in [6.07, 6.45) is 5.81. The van der Waals surface area contributed by atoms with Crippen LogP contribution in [0.5, 0.6) is 0 Å². The van der Waals surface area contributed by atoms with E-state index in [9.17, 15) is 18.0 Å². The highest BCUT2D eigenvalue weighted by Gasteiger charge is 2.30. The third-order valence-corrected chi connectivity index (χ3v) is 8.13. The first-order chi connectivity index (χ1) is 14.9. The minimum absolute atomic E-state index is 0.0134. The van der Waals surface area contributed by atoms with Crippen molar-refractivity contribution in [2.75, 3.05) is 23.7 Å². The summed E-state index contributed by atoms with van der Waals surface area (Å²) in [5.74, 6) is -0.171. The number of aromatic nitrogens is 1. The molecule has 1 aromatic heterocycles. The maximum absolute atomic E-state index is 12.8. The number of carbonyl (C=O) groups is 2. The van der Waals surface area contributed by atoms with Gasteiger partial charge in [0.2, 0.25) is 21.8 Å². The van der Waals surface area contributed by atoms with Crippen molar-refractivity contribution in [3.63, 3.8) is 0 Å². The molecule has 4 rings (SSSR count). The third kappa shape index (κ3) is 5.69. The maximum Gasteiger partial charge on any atom is 0.243 e. The van der Waals surface area contributed by atoms with Crippen molar-refractivity contribution in [3.05, 3.63) is 35.3 Å². The van der Waals surface area contributed by atoms with Gasteiger partial charge in [0.05, 0.1) is 17.0 Å². The first-order valence-electron chi connectivity index (χ1n) is 10.6. The van der Waals surface area contributed by atoms with E-state index in [1.54, 1.807) is 21.8 Å². The van der Waals surface area contributed by atoms with Gasteiger partial charge in [0.1, 0.15) is 0 Å². The second kappa shape index (κ2) is 9.46. The molecule has 1 aliphatic carbocycles. The van der Waals surface area contributed by atoms with Gasteiger partial charge in [-0.2, -0.15) is 4.31 Å². The monoisotopic (exact) mass is 462 g/mol. The predicted molar refractivity (Wildman–Crippen MR) is 119 cm³/mol. The van der Waals surface area contributed by atoms with Gasteiger partial charge in [-0.05, 0) is 49.9 Å². The van der Waals surface area contributed by atoms with E-state index in [1.807, 2.05) is 0 Å². The Kier molecular flexibility index (Phi) is 6.68. The molecular weight excluding hydrogens is 436 g/mol. The lowest BCUT2D eigenvalue weighted by atomic mass is 10.2. The molecule has 8 nitrogen and oxygen atoms in total. The van der Waals surface area contributed by atoms with Crippen LogP contribution in [0.3, 0.4) is 0 Å². The molecule has 0 radical (unpaired) electrons. The number of hydrogen-bond donors (Lipinski definition) is 2. The van der Waals surface area contributed by atoms with Crippen molar-refractivity contribution >= 4 is 44.0 Å². The zero-order chi connectivity index (χ0) is 21.8. The summed E-state index contributed by atoms with van der Waals surface area (Å²) in [6.45, 7) is 1.11. The molecule has 2 heterocycles. The normalized spacial score (nSPS) is 17.7. The van der Waals surface area contributed by atoms with E-state index in [-0.39, 0.29) is 29.0 Å². The number of thiazole rings is 1. The summed E-state index contributed by atoms with van der Waals surface area (Å²) in [7, 11) is -3.51. The van der Waals surface area contributed by atoms with Crippen LogP contribution in [-0.2, 0) is 26.0 Å². The fraction of sp³-hybridized carbons (Fsp3) is 0.476. The molecule has 166 valence electrons. The number of carbonyl (C=O) groups excluding carboxylic acids is 2. The van der Waals surface area contributed by atoms with Crippen molar-refractivity contribution in [2.24, 2.45) is 5.92 Å². The number of hydrogen-bond acceptors (Lipinski definition) is 6. The fourth-order valence-electron chi connectivity index (χ4n) is 3.51. The molecule has 1 saturated carbocycles. The molecule has 0 bridgehead atoms. The summed E-state index contributed by atoms with van der Waals surface area (Å²) >= 11 is 1.30. The summed E-state index contributed by atoms with van der Waals surface area (Å²) in [5.41, 5.74) is 1.10. The molecule has 2 fully saturated rings. The number of anilines is 2. The molecule has 2 N–H and O–H groups in total. The van der Waals surface area contributed by atoms with Crippen LogP contribution in [0.15, 0.2) is 34.5 Å². The van der Waals surface area contributed by atoms with Gasteiger partial charge < -0.3 is 10.6 Å². The van der Waals surface area contributed by atoms with Crippen molar-refractivity contribution < 1.29 is 18.0 Å². The quantitative estimate of drug-likeness (QED) is 0.657. The lowest BCUT2D eigenvalue weighted by molar-refractivity contribution is -0.117. The number of nitrogens with zero attached hydrogens (tertiary/aromatic N) is 2. The Hall–Kier alpha value is -2.30. The van der Waals surface area contributed by atoms with E-state index in [0.29, 0.717) is 29.6 Å². The number of nitrogens with one attached hydrogen (secondary N) is 2. The Morgan fingerprint density at radius 3 is 2.35 bits per heavy atom. The van der Waals surface area contributed by atoms with Gasteiger partial charge in [0.25, 0.3) is 0 Å². The average Bonchev–Trinajstić information content (AvgIpc) is 3.54. The minimum atomic E-state index is -3.51. The molecule has 31 heavy (non-hydrogen) atoms. The standard InChI is InChI=1S/C21H26N4O4S2/c26-19(13-17-14-30-21(23-17)24-20(27)15-5-6-15)22-16-7-9-18(10-8-16)31(28,29)25-11-3-1-2-4-12-25/h7-10,14-15H,1-6,11-13H2,(H,22,26)(H,23,24,27). The van der Waals surface area contributed by atoms with Gasteiger partial charge in [-0.25, -0.2) is 13.4 Å². The van der Waals surface area contributed by atoms with Gasteiger partial charge in [0, 0.05) is 30.1 Å². The highest BCUT2D eigenvalue weighted by Crippen LogP contribution is 2.30. The average molecular weight is 463 g/mol. The van der Waals surface area contributed by atoms with E-state index in [1.165, 1.54) is 23.5 Å². The van der Waals surface area contributed by atoms with E-state index < -0.39 is 10.0 Å². The molecule has 1 aliphatic heterocycles. The van der Waals surface area contributed by atoms with Crippen LogP contribution in [0.4, 0.5) is 10.8 Å². The zero-order valence-electron chi connectivity index (χ0n) is 17.2. The topological polar surface area (TPSA) is 108 Å². The predicted octanol–water partition coefficient (Wildman–Crippen LogP) is 3.24.